The van der Waals surface area contributed by atoms with Crippen molar-refractivity contribution >= 4 is 43.8 Å². The molecule has 1 fully saturated rings. The summed E-state index contributed by atoms with van der Waals surface area (Å²) in [5.41, 5.74) is -0.193. The van der Waals surface area contributed by atoms with Crippen molar-refractivity contribution in [3.63, 3.8) is 0 Å². The first-order valence-electron chi connectivity index (χ1n) is 9.80. The number of alkyl halides is 3. The average Bonchev–Trinajstić information content (AvgIpc) is 3.26. The molecule has 10 nitrogen and oxygen atoms in total. The van der Waals surface area contributed by atoms with Gasteiger partial charge in [0.25, 0.3) is 5.56 Å². The van der Waals surface area contributed by atoms with Gasteiger partial charge in [0.1, 0.15) is 9.90 Å². The quantitative estimate of drug-likeness (QED) is 0.471. The Kier molecular flexibility index (Phi) is 8.21. The topological polar surface area (TPSA) is 121 Å². The second-order valence-corrected chi connectivity index (χ2v) is 10.7. The Labute approximate surface area is 196 Å². The Balaban J connectivity index is 1.42. The number of aromatic amines is 1. The van der Waals surface area contributed by atoms with E-state index in [9.17, 15) is 26.4 Å². The van der Waals surface area contributed by atoms with Gasteiger partial charge in [0.05, 0.1) is 37.0 Å². The van der Waals surface area contributed by atoms with Gasteiger partial charge in [-0.15, -0.1) is 0 Å². The molecule has 2 aromatic rings. The number of nitrogens with one attached hydrogen (secondary N) is 2. The Morgan fingerprint density at radius 1 is 1.30 bits per heavy atom. The second-order valence-electron chi connectivity index (χ2n) is 7.25. The summed E-state index contributed by atoms with van der Waals surface area (Å²) in [5.74, 6) is -0.234. The third-order valence-electron chi connectivity index (χ3n) is 4.73. The summed E-state index contributed by atoms with van der Waals surface area (Å²) >= 11 is 6.43. The molecule has 1 aliphatic heterocycles. The van der Waals surface area contributed by atoms with Crippen molar-refractivity contribution in [2.45, 2.75) is 19.1 Å². The summed E-state index contributed by atoms with van der Waals surface area (Å²) in [7, 11) is -3.59. The highest BCUT2D eigenvalue weighted by Crippen LogP contribution is 2.36. The molecule has 0 spiro atoms. The summed E-state index contributed by atoms with van der Waals surface area (Å²) in [6.07, 6.45) is -2.30. The number of nitrogens with zero attached hydrogens (tertiary/aromatic N) is 4. The molecule has 0 unspecified atom stereocenters. The SMILES string of the molecule is C[C@@H](COCCS(=O)(=O)N1CCN(c2ncc(C(F)(F)F)s2)CC1)Nc1cn[nH]c(=O)c1Cl. The molecule has 0 bridgehead atoms. The zero-order chi connectivity index (χ0) is 24.2. The number of thiazole rings is 1. The molecule has 33 heavy (non-hydrogen) atoms. The van der Waals surface area contributed by atoms with E-state index in [2.05, 4.69) is 20.5 Å². The summed E-state index contributed by atoms with van der Waals surface area (Å²) in [4.78, 5) is 16.1. The largest absolute Gasteiger partial charge is 0.427 e. The Morgan fingerprint density at radius 2 is 2.00 bits per heavy atom. The van der Waals surface area contributed by atoms with E-state index in [0.29, 0.717) is 17.0 Å². The van der Waals surface area contributed by atoms with Crippen LogP contribution in [0.5, 0.6) is 0 Å². The lowest BCUT2D eigenvalue weighted by Gasteiger charge is -2.33. The number of sulfonamides is 1. The molecule has 0 aromatic carbocycles. The molecular weight excluding hydrogens is 509 g/mol. The van der Waals surface area contributed by atoms with E-state index in [-0.39, 0.29) is 61.3 Å². The second kappa shape index (κ2) is 10.5. The molecule has 1 saturated heterocycles. The first kappa shape index (κ1) is 25.7. The van der Waals surface area contributed by atoms with Gasteiger partial charge in [-0.3, -0.25) is 4.79 Å². The smallest absolute Gasteiger partial charge is 0.378 e. The van der Waals surface area contributed by atoms with E-state index in [1.165, 1.54) is 10.5 Å². The maximum atomic E-state index is 12.8. The molecule has 1 atom stereocenters. The maximum absolute atomic E-state index is 12.8. The fraction of sp³-hybridized carbons (Fsp3) is 0.588. The number of anilines is 2. The number of ether oxygens (including phenoxy) is 1. The lowest BCUT2D eigenvalue weighted by Crippen LogP contribution is -2.49. The standard InChI is InChI=1S/C17H22ClF3N6O4S2/c1-11(24-12-8-23-25-15(28)14(12)18)10-31-6-7-33(29,30)27-4-2-26(3-5-27)16-22-9-13(32-16)17(19,20)21/h8-9,11H,2-7,10H2,1H3,(H2,24,25,28)/t11-/m0/s1. The Morgan fingerprint density at radius 3 is 2.64 bits per heavy atom. The number of piperazine rings is 1. The van der Waals surface area contributed by atoms with Gasteiger partial charge in [-0.2, -0.15) is 22.6 Å². The van der Waals surface area contributed by atoms with E-state index >= 15 is 0 Å². The van der Waals surface area contributed by atoms with Crippen LogP contribution in [0.2, 0.25) is 5.02 Å². The molecule has 0 saturated carbocycles. The van der Waals surface area contributed by atoms with Crippen LogP contribution in [0.15, 0.2) is 17.2 Å². The van der Waals surface area contributed by atoms with Crippen molar-refractivity contribution < 1.29 is 26.3 Å². The van der Waals surface area contributed by atoms with Gasteiger partial charge in [-0.05, 0) is 6.92 Å². The van der Waals surface area contributed by atoms with Gasteiger partial charge in [-0.1, -0.05) is 22.9 Å². The number of halogens is 4. The minimum atomic E-state index is -4.45. The molecule has 1 aliphatic rings. The summed E-state index contributed by atoms with van der Waals surface area (Å²) < 4.78 is 70.1. The number of hydrogen-bond donors (Lipinski definition) is 2. The summed E-state index contributed by atoms with van der Waals surface area (Å²) in [6, 6.07) is -0.266. The van der Waals surface area contributed by atoms with Crippen molar-refractivity contribution in [1.29, 1.82) is 0 Å². The first-order chi connectivity index (χ1) is 15.5. The van der Waals surface area contributed by atoms with Crippen LogP contribution in [0.3, 0.4) is 0 Å². The first-order valence-corrected chi connectivity index (χ1v) is 12.6. The molecular formula is C17H22ClF3N6O4S2. The third-order valence-corrected chi connectivity index (χ3v) is 8.04. The van der Waals surface area contributed by atoms with Crippen LogP contribution in [0, 0.1) is 0 Å². The van der Waals surface area contributed by atoms with E-state index in [1.807, 2.05) is 0 Å². The monoisotopic (exact) mass is 530 g/mol. The van der Waals surface area contributed by atoms with Gasteiger partial charge in [0.2, 0.25) is 10.0 Å². The van der Waals surface area contributed by atoms with E-state index in [4.69, 9.17) is 16.3 Å². The van der Waals surface area contributed by atoms with Crippen molar-refractivity contribution in [3.8, 4) is 0 Å². The van der Waals surface area contributed by atoms with E-state index in [0.717, 1.165) is 6.20 Å². The fourth-order valence-corrected chi connectivity index (χ4v) is 5.33. The molecule has 0 aliphatic carbocycles. The summed E-state index contributed by atoms with van der Waals surface area (Å²) in [6.45, 7) is 2.68. The molecule has 16 heteroatoms. The maximum Gasteiger partial charge on any atom is 0.427 e. The molecule has 0 amide bonds. The molecule has 184 valence electrons. The lowest BCUT2D eigenvalue weighted by atomic mass is 10.3. The normalized spacial score (nSPS) is 16.7. The average molecular weight is 531 g/mol. The predicted molar refractivity (Wildman–Crippen MR) is 118 cm³/mol. The third kappa shape index (κ3) is 6.79. The van der Waals surface area contributed by atoms with Crippen molar-refractivity contribution in [2.24, 2.45) is 0 Å². The molecule has 3 heterocycles. The number of aromatic nitrogens is 3. The van der Waals surface area contributed by atoms with Gasteiger partial charge in [0.15, 0.2) is 5.13 Å². The van der Waals surface area contributed by atoms with Crippen LogP contribution in [-0.2, 0) is 20.9 Å². The molecule has 0 radical (unpaired) electrons. The molecule has 2 aromatic heterocycles. The van der Waals surface area contributed by atoms with Crippen molar-refractivity contribution in [1.82, 2.24) is 19.5 Å². The molecule has 3 rings (SSSR count). The van der Waals surface area contributed by atoms with Crippen LogP contribution in [0.4, 0.5) is 24.0 Å². The molecule has 2 N–H and O–H groups in total. The van der Waals surface area contributed by atoms with Crippen LogP contribution >= 0.6 is 22.9 Å². The van der Waals surface area contributed by atoms with E-state index < -0.39 is 26.6 Å². The van der Waals surface area contributed by atoms with Crippen molar-refractivity contribution in [3.05, 3.63) is 32.6 Å². The Hall–Kier alpha value is -1.94. The van der Waals surface area contributed by atoms with Crippen LogP contribution in [-0.4, -0.2) is 79.1 Å². The highest BCUT2D eigenvalue weighted by Gasteiger charge is 2.35. The van der Waals surface area contributed by atoms with E-state index in [1.54, 1.807) is 11.8 Å². The number of hydrogen-bond acceptors (Lipinski definition) is 9. The van der Waals surface area contributed by atoms with Gasteiger partial charge >= 0.3 is 6.18 Å². The zero-order valence-electron chi connectivity index (χ0n) is 17.4. The zero-order valence-corrected chi connectivity index (χ0v) is 19.8. The number of rotatable bonds is 9. The minimum Gasteiger partial charge on any atom is -0.378 e. The fourth-order valence-electron chi connectivity index (χ4n) is 3.04. The summed E-state index contributed by atoms with van der Waals surface area (Å²) in [5, 5.41) is 9.00. The van der Waals surface area contributed by atoms with Crippen LogP contribution < -0.4 is 15.8 Å². The predicted octanol–water partition coefficient (Wildman–Crippen LogP) is 1.87. The van der Waals surface area contributed by atoms with Crippen LogP contribution in [0.25, 0.3) is 0 Å². The highest BCUT2D eigenvalue weighted by atomic mass is 35.5. The highest BCUT2D eigenvalue weighted by molar-refractivity contribution is 7.89. The lowest BCUT2D eigenvalue weighted by molar-refractivity contribution is -0.134. The van der Waals surface area contributed by atoms with Gasteiger partial charge < -0.3 is 15.0 Å². The van der Waals surface area contributed by atoms with Gasteiger partial charge in [-0.25, -0.2) is 18.5 Å². The van der Waals surface area contributed by atoms with Crippen molar-refractivity contribution in [2.75, 3.05) is 55.4 Å². The minimum absolute atomic E-state index is 0.0362. The van der Waals surface area contributed by atoms with Gasteiger partial charge in [0, 0.05) is 32.2 Å². The Bertz CT molecular complexity index is 1100. The number of H-pyrrole nitrogens is 1. The van der Waals surface area contributed by atoms with Crippen LogP contribution in [0.1, 0.15) is 11.8 Å².